The predicted octanol–water partition coefficient (Wildman–Crippen LogP) is 2.63. The Kier molecular flexibility index (Phi) is 4.72. The number of benzene rings is 1. The Morgan fingerprint density at radius 2 is 2.27 bits per heavy atom. The van der Waals surface area contributed by atoms with Crippen LogP contribution in [0.3, 0.4) is 0 Å². The molecule has 1 rings (SSSR count). The van der Waals surface area contributed by atoms with E-state index in [1.807, 2.05) is 6.92 Å². The molecule has 0 unspecified atom stereocenters. The molecule has 0 aliphatic carbocycles. The fourth-order valence-corrected chi connectivity index (χ4v) is 1.36. The van der Waals surface area contributed by atoms with Gasteiger partial charge in [-0.25, -0.2) is 4.39 Å². The van der Waals surface area contributed by atoms with Crippen molar-refractivity contribution in [2.75, 3.05) is 13.2 Å². The van der Waals surface area contributed by atoms with Gasteiger partial charge in [0.15, 0.2) is 5.78 Å². The van der Waals surface area contributed by atoms with Crippen LogP contribution in [0, 0.1) is 5.82 Å². The summed E-state index contributed by atoms with van der Waals surface area (Å²) in [6.07, 6.45) is 0.108. The number of Topliss-reactive ketones (excluding diaryl/α,β-unsaturated/α-hetero) is 1. The van der Waals surface area contributed by atoms with Gasteiger partial charge in [0.2, 0.25) is 0 Å². The lowest BCUT2D eigenvalue weighted by atomic mass is 10.1. The standard InChI is InChI=1S/C11H12ClFO2/c1-2-15-7-9(14)6-8-4-3-5-10(13)11(8)12/h3-5H,2,6-7H2,1H3. The number of halogens is 2. The van der Waals surface area contributed by atoms with E-state index < -0.39 is 5.82 Å². The monoisotopic (exact) mass is 230 g/mol. The number of ketones is 1. The van der Waals surface area contributed by atoms with Crippen LogP contribution in [0.25, 0.3) is 0 Å². The normalized spacial score (nSPS) is 10.3. The van der Waals surface area contributed by atoms with Gasteiger partial charge in [0.1, 0.15) is 12.4 Å². The quantitative estimate of drug-likeness (QED) is 0.777. The van der Waals surface area contributed by atoms with Crippen LogP contribution in [0.15, 0.2) is 18.2 Å². The number of hydrogen-bond donors (Lipinski definition) is 0. The van der Waals surface area contributed by atoms with Gasteiger partial charge in [-0.15, -0.1) is 0 Å². The van der Waals surface area contributed by atoms with Crippen molar-refractivity contribution in [1.29, 1.82) is 0 Å². The van der Waals surface area contributed by atoms with Crippen molar-refractivity contribution in [2.45, 2.75) is 13.3 Å². The Morgan fingerprint density at radius 3 is 2.93 bits per heavy atom. The molecule has 1 aromatic rings. The summed E-state index contributed by atoms with van der Waals surface area (Å²) in [5.74, 6) is -0.609. The molecule has 0 aromatic heterocycles. The first-order chi connectivity index (χ1) is 7.15. The Morgan fingerprint density at radius 1 is 1.53 bits per heavy atom. The summed E-state index contributed by atoms with van der Waals surface area (Å²) < 4.78 is 18.0. The van der Waals surface area contributed by atoms with E-state index in [2.05, 4.69) is 0 Å². The minimum absolute atomic E-state index is 0.0161. The molecule has 4 heteroatoms. The number of carbonyl (C=O) groups is 1. The second-order valence-electron chi connectivity index (χ2n) is 3.07. The fraction of sp³-hybridized carbons (Fsp3) is 0.364. The van der Waals surface area contributed by atoms with Crippen LogP contribution >= 0.6 is 11.6 Å². The maximum Gasteiger partial charge on any atom is 0.162 e. The van der Waals surface area contributed by atoms with Gasteiger partial charge in [0.05, 0.1) is 5.02 Å². The maximum atomic E-state index is 13.0. The highest BCUT2D eigenvalue weighted by molar-refractivity contribution is 6.31. The summed E-state index contributed by atoms with van der Waals surface area (Å²) in [4.78, 5) is 11.3. The molecule has 1 aromatic carbocycles. The van der Waals surface area contributed by atoms with Crippen molar-refractivity contribution in [3.8, 4) is 0 Å². The summed E-state index contributed by atoms with van der Waals surface area (Å²) in [6, 6.07) is 4.43. The fourth-order valence-electron chi connectivity index (χ4n) is 1.16. The van der Waals surface area contributed by atoms with Crippen molar-refractivity contribution in [3.05, 3.63) is 34.6 Å². The first-order valence-electron chi connectivity index (χ1n) is 4.67. The number of rotatable bonds is 5. The SMILES string of the molecule is CCOCC(=O)Cc1cccc(F)c1Cl. The number of hydrogen-bond acceptors (Lipinski definition) is 2. The zero-order valence-corrected chi connectivity index (χ0v) is 9.18. The molecule has 0 atom stereocenters. The van der Waals surface area contributed by atoms with Crippen LogP contribution < -0.4 is 0 Å². The van der Waals surface area contributed by atoms with Gasteiger partial charge < -0.3 is 4.74 Å². The molecule has 0 fully saturated rings. The lowest BCUT2D eigenvalue weighted by Crippen LogP contribution is -2.11. The van der Waals surface area contributed by atoms with Crippen LogP contribution in [0.5, 0.6) is 0 Å². The molecule has 0 heterocycles. The highest BCUT2D eigenvalue weighted by Gasteiger charge is 2.09. The van der Waals surface area contributed by atoms with Crippen molar-refractivity contribution in [1.82, 2.24) is 0 Å². The third-order valence-electron chi connectivity index (χ3n) is 1.89. The predicted molar refractivity (Wildman–Crippen MR) is 56.6 cm³/mol. The third-order valence-corrected chi connectivity index (χ3v) is 2.31. The van der Waals surface area contributed by atoms with Crippen molar-refractivity contribution < 1.29 is 13.9 Å². The summed E-state index contributed by atoms with van der Waals surface area (Å²) in [5.41, 5.74) is 0.501. The average Bonchev–Trinajstić information content (AvgIpc) is 2.22. The van der Waals surface area contributed by atoms with E-state index in [1.54, 1.807) is 6.07 Å². The first kappa shape index (κ1) is 12.1. The Labute approximate surface area is 93.0 Å². The highest BCUT2D eigenvalue weighted by atomic mass is 35.5. The molecule has 0 saturated carbocycles. The average molecular weight is 231 g/mol. The zero-order valence-electron chi connectivity index (χ0n) is 8.43. The van der Waals surface area contributed by atoms with Crippen molar-refractivity contribution in [3.63, 3.8) is 0 Å². The molecule has 0 aliphatic heterocycles. The molecule has 0 amide bonds. The summed E-state index contributed by atoms with van der Waals surface area (Å²) >= 11 is 5.70. The lowest BCUT2D eigenvalue weighted by molar-refractivity contribution is -0.122. The molecule has 0 saturated heterocycles. The van der Waals surface area contributed by atoms with Gasteiger partial charge in [-0.3, -0.25) is 4.79 Å². The van der Waals surface area contributed by atoms with E-state index in [4.69, 9.17) is 16.3 Å². The molecular weight excluding hydrogens is 219 g/mol. The first-order valence-corrected chi connectivity index (χ1v) is 5.05. The Hall–Kier alpha value is -0.930. The molecule has 2 nitrogen and oxygen atoms in total. The van der Waals surface area contributed by atoms with Gasteiger partial charge >= 0.3 is 0 Å². The van der Waals surface area contributed by atoms with E-state index in [1.165, 1.54) is 12.1 Å². The third kappa shape index (κ3) is 3.61. The molecule has 0 bridgehead atoms. The highest BCUT2D eigenvalue weighted by Crippen LogP contribution is 2.20. The van der Waals surface area contributed by atoms with Gasteiger partial charge in [0.25, 0.3) is 0 Å². The van der Waals surface area contributed by atoms with Crippen LogP contribution in [-0.4, -0.2) is 19.0 Å². The molecular formula is C11H12ClFO2. The molecule has 0 aliphatic rings. The zero-order chi connectivity index (χ0) is 11.3. The van der Waals surface area contributed by atoms with Crippen LogP contribution in [0.2, 0.25) is 5.02 Å². The minimum atomic E-state index is -0.502. The van der Waals surface area contributed by atoms with E-state index in [0.29, 0.717) is 12.2 Å². The van der Waals surface area contributed by atoms with Crippen LogP contribution in [-0.2, 0) is 16.0 Å². The molecule has 0 spiro atoms. The topological polar surface area (TPSA) is 26.3 Å². The van der Waals surface area contributed by atoms with Gasteiger partial charge in [-0.1, -0.05) is 23.7 Å². The lowest BCUT2D eigenvalue weighted by Gasteiger charge is -2.04. The Balaban J connectivity index is 2.64. The second kappa shape index (κ2) is 5.83. The molecule has 0 N–H and O–H groups in total. The largest absolute Gasteiger partial charge is 0.374 e. The Bertz CT molecular complexity index is 352. The van der Waals surface area contributed by atoms with Gasteiger partial charge in [0, 0.05) is 13.0 Å². The van der Waals surface area contributed by atoms with Crippen molar-refractivity contribution in [2.24, 2.45) is 0 Å². The van der Waals surface area contributed by atoms with Crippen LogP contribution in [0.1, 0.15) is 12.5 Å². The summed E-state index contributed by atoms with van der Waals surface area (Å²) in [7, 11) is 0. The summed E-state index contributed by atoms with van der Waals surface area (Å²) in [5, 5.41) is 0.0161. The molecule has 15 heavy (non-hydrogen) atoms. The van der Waals surface area contributed by atoms with Crippen LogP contribution in [0.4, 0.5) is 4.39 Å². The molecule has 0 radical (unpaired) electrons. The molecule has 82 valence electrons. The number of carbonyl (C=O) groups excluding carboxylic acids is 1. The minimum Gasteiger partial charge on any atom is -0.374 e. The summed E-state index contributed by atoms with van der Waals surface area (Å²) in [6.45, 7) is 2.34. The van der Waals surface area contributed by atoms with Gasteiger partial charge in [-0.05, 0) is 18.6 Å². The smallest absolute Gasteiger partial charge is 0.162 e. The van der Waals surface area contributed by atoms with E-state index in [0.717, 1.165) is 0 Å². The van der Waals surface area contributed by atoms with E-state index in [-0.39, 0.29) is 23.8 Å². The van der Waals surface area contributed by atoms with Gasteiger partial charge in [-0.2, -0.15) is 0 Å². The van der Waals surface area contributed by atoms with E-state index in [9.17, 15) is 9.18 Å². The van der Waals surface area contributed by atoms with Crippen molar-refractivity contribution >= 4 is 17.4 Å². The second-order valence-corrected chi connectivity index (χ2v) is 3.44. The number of ether oxygens (including phenoxy) is 1. The maximum absolute atomic E-state index is 13.0. The van der Waals surface area contributed by atoms with E-state index >= 15 is 0 Å².